The van der Waals surface area contributed by atoms with Crippen molar-refractivity contribution in [2.24, 2.45) is 0 Å². The molecule has 0 aliphatic carbocycles. The van der Waals surface area contributed by atoms with Crippen molar-refractivity contribution in [3.8, 4) is 12.3 Å². The zero-order chi connectivity index (χ0) is 12.0. The lowest BCUT2D eigenvalue weighted by atomic mass is 9.93. The fourth-order valence-corrected chi connectivity index (χ4v) is 1.56. The van der Waals surface area contributed by atoms with Gasteiger partial charge in [-0.05, 0) is 30.5 Å². The molecular formula is C13H13FO2. The molecule has 0 aliphatic heterocycles. The Balaban J connectivity index is 2.78. The fourth-order valence-electron chi connectivity index (χ4n) is 1.56. The molecule has 1 aromatic rings. The van der Waals surface area contributed by atoms with E-state index in [-0.39, 0.29) is 0 Å². The van der Waals surface area contributed by atoms with Crippen LogP contribution in [-0.2, 0) is 4.79 Å². The van der Waals surface area contributed by atoms with E-state index in [2.05, 4.69) is 5.92 Å². The van der Waals surface area contributed by atoms with Gasteiger partial charge in [-0.25, -0.2) is 4.39 Å². The molecule has 3 heteroatoms. The third kappa shape index (κ3) is 3.39. The van der Waals surface area contributed by atoms with E-state index in [1.807, 2.05) is 0 Å². The fraction of sp³-hybridized carbons (Fsp3) is 0.308. The van der Waals surface area contributed by atoms with Gasteiger partial charge in [-0.15, -0.1) is 12.3 Å². The largest absolute Gasteiger partial charge is 0.481 e. The van der Waals surface area contributed by atoms with Gasteiger partial charge in [-0.1, -0.05) is 12.1 Å². The van der Waals surface area contributed by atoms with Crippen molar-refractivity contribution in [3.63, 3.8) is 0 Å². The SMILES string of the molecule is C#CCCCC(C(=O)O)c1cccc(F)c1. The maximum Gasteiger partial charge on any atom is 0.310 e. The minimum absolute atomic E-state index is 0.416. The Kier molecular flexibility index (Phi) is 4.53. The number of benzene rings is 1. The van der Waals surface area contributed by atoms with Crippen LogP contribution in [0.15, 0.2) is 24.3 Å². The zero-order valence-electron chi connectivity index (χ0n) is 8.82. The van der Waals surface area contributed by atoms with Crippen LogP contribution >= 0.6 is 0 Å². The van der Waals surface area contributed by atoms with Gasteiger partial charge in [0.15, 0.2) is 0 Å². The molecule has 0 saturated carbocycles. The van der Waals surface area contributed by atoms with Gasteiger partial charge in [-0.3, -0.25) is 4.79 Å². The third-order valence-electron chi connectivity index (χ3n) is 2.36. The topological polar surface area (TPSA) is 37.3 Å². The lowest BCUT2D eigenvalue weighted by molar-refractivity contribution is -0.139. The number of halogens is 1. The Morgan fingerprint density at radius 3 is 2.88 bits per heavy atom. The molecule has 0 aromatic heterocycles. The van der Waals surface area contributed by atoms with Crippen LogP contribution in [0.3, 0.4) is 0 Å². The molecule has 0 fully saturated rings. The molecule has 1 unspecified atom stereocenters. The first kappa shape index (κ1) is 12.3. The van der Waals surface area contributed by atoms with Crippen molar-refractivity contribution < 1.29 is 14.3 Å². The van der Waals surface area contributed by atoms with Crippen LogP contribution < -0.4 is 0 Å². The number of terminal acetylenes is 1. The molecule has 0 bridgehead atoms. The second-order valence-electron chi connectivity index (χ2n) is 3.54. The van der Waals surface area contributed by atoms with Crippen LogP contribution in [0.2, 0.25) is 0 Å². The number of hydrogen-bond donors (Lipinski definition) is 1. The van der Waals surface area contributed by atoms with E-state index in [0.717, 1.165) is 0 Å². The molecule has 84 valence electrons. The minimum Gasteiger partial charge on any atom is -0.481 e. The predicted molar refractivity (Wildman–Crippen MR) is 59.5 cm³/mol. The van der Waals surface area contributed by atoms with Gasteiger partial charge < -0.3 is 5.11 Å². The summed E-state index contributed by atoms with van der Waals surface area (Å²) >= 11 is 0. The summed E-state index contributed by atoms with van der Waals surface area (Å²) in [5.74, 6) is 0.423. The normalized spacial score (nSPS) is 11.8. The monoisotopic (exact) mass is 220 g/mol. The highest BCUT2D eigenvalue weighted by molar-refractivity contribution is 5.76. The molecule has 0 aliphatic rings. The summed E-state index contributed by atoms with van der Waals surface area (Å²) in [6.07, 6.45) is 6.70. The average Bonchev–Trinajstić information content (AvgIpc) is 2.24. The molecule has 1 N–H and O–H groups in total. The molecular weight excluding hydrogens is 207 g/mol. The Hall–Kier alpha value is -1.82. The van der Waals surface area contributed by atoms with E-state index in [1.165, 1.54) is 18.2 Å². The first-order valence-electron chi connectivity index (χ1n) is 5.07. The maximum absolute atomic E-state index is 13.0. The van der Waals surface area contributed by atoms with Gasteiger partial charge in [0.05, 0.1) is 5.92 Å². The summed E-state index contributed by atoms with van der Waals surface area (Å²) in [5, 5.41) is 9.04. The van der Waals surface area contributed by atoms with Gasteiger partial charge in [0, 0.05) is 6.42 Å². The van der Waals surface area contributed by atoms with E-state index < -0.39 is 17.7 Å². The quantitative estimate of drug-likeness (QED) is 0.612. The molecule has 2 nitrogen and oxygen atoms in total. The van der Waals surface area contributed by atoms with Crippen molar-refractivity contribution in [1.82, 2.24) is 0 Å². The lowest BCUT2D eigenvalue weighted by Gasteiger charge is -2.11. The average molecular weight is 220 g/mol. The van der Waals surface area contributed by atoms with E-state index in [9.17, 15) is 9.18 Å². The smallest absolute Gasteiger partial charge is 0.310 e. The van der Waals surface area contributed by atoms with Crippen molar-refractivity contribution in [2.45, 2.75) is 25.2 Å². The van der Waals surface area contributed by atoms with E-state index in [4.69, 9.17) is 11.5 Å². The molecule has 0 spiro atoms. The molecule has 0 heterocycles. The number of unbranched alkanes of at least 4 members (excludes halogenated alkanes) is 1. The summed E-state index contributed by atoms with van der Waals surface area (Å²) in [6, 6.07) is 5.69. The highest BCUT2D eigenvalue weighted by atomic mass is 19.1. The second kappa shape index (κ2) is 5.92. The minimum atomic E-state index is -0.942. The number of carboxylic acids is 1. The van der Waals surface area contributed by atoms with Crippen LogP contribution in [0.4, 0.5) is 4.39 Å². The van der Waals surface area contributed by atoms with Gasteiger partial charge in [0.1, 0.15) is 5.82 Å². The van der Waals surface area contributed by atoms with E-state index in [0.29, 0.717) is 24.8 Å². The van der Waals surface area contributed by atoms with E-state index in [1.54, 1.807) is 6.07 Å². The summed E-state index contributed by atoms with van der Waals surface area (Å²) < 4.78 is 13.0. The Bertz CT molecular complexity index is 407. The Morgan fingerprint density at radius 2 is 2.31 bits per heavy atom. The lowest BCUT2D eigenvalue weighted by Crippen LogP contribution is -2.11. The molecule has 0 saturated heterocycles. The molecule has 1 aromatic carbocycles. The van der Waals surface area contributed by atoms with Crippen molar-refractivity contribution >= 4 is 5.97 Å². The van der Waals surface area contributed by atoms with Gasteiger partial charge in [-0.2, -0.15) is 0 Å². The van der Waals surface area contributed by atoms with Crippen LogP contribution in [-0.4, -0.2) is 11.1 Å². The first-order valence-corrected chi connectivity index (χ1v) is 5.07. The van der Waals surface area contributed by atoms with Crippen LogP contribution in [0.25, 0.3) is 0 Å². The first-order chi connectivity index (χ1) is 7.65. The summed E-state index contributed by atoms with van der Waals surface area (Å²) in [7, 11) is 0. The summed E-state index contributed by atoms with van der Waals surface area (Å²) in [5.41, 5.74) is 0.490. The highest BCUT2D eigenvalue weighted by Gasteiger charge is 2.19. The van der Waals surface area contributed by atoms with Crippen LogP contribution in [0.1, 0.15) is 30.7 Å². The Morgan fingerprint density at radius 1 is 1.56 bits per heavy atom. The maximum atomic E-state index is 13.0. The number of rotatable bonds is 5. The summed E-state index contributed by atoms with van der Waals surface area (Å²) in [6.45, 7) is 0. The number of hydrogen-bond acceptors (Lipinski definition) is 1. The number of carbonyl (C=O) groups is 1. The van der Waals surface area contributed by atoms with Crippen LogP contribution in [0.5, 0.6) is 0 Å². The number of aliphatic carboxylic acids is 1. The van der Waals surface area contributed by atoms with Gasteiger partial charge >= 0.3 is 5.97 Å². The molecule has 16 heavy (non-hydrogen) atoms. The molecule has 1 rings (SSSR count). The van der Waals surface area contributed by atoms with Crippen molar-refractivity contribution in [2.75, 3.05) is 0 Å². The predicted octanol–water partition coefficient (Wildman–Crippen LogP) is 2.80. The Labute approximate surface area is 94.1 Å². The van der Waals surface area contributed by atoms with Crippen LogP contribution in [0, 0.1) is 18.2 Å². The van der Waals surface area contributed by atoms with Gasteiger partial charge in [0.25, 0.3) is 0 Å². The standard InChI is InChI=1S/C13H13FO2/c1-2-3-4-8-12(13(15)16)10-6-5-7-11(14)9-10/h1,5-7,9,12H,3-4,8H2,(H,15,16). The van der Waals surface area contributed by atoms with E-state index >= 15 is 0 Å². The van der Waals surface area contributed by atoms with Crippen molar-refractivity contribution in [3.05, 3.63) is 35.6 Å². The molecule has 1 atom stereocenters. The number of carboxylic acid groups (broad SMARTS) is 1. The molecule has 0 amide bonds. The second-order valence-corrected chi connectivity index (χ2v) is 3.54. The third-order valence-corrected chi connectivity index (χ3v) is 2.36. The highest BCUT2D eigenvalue weighted by Crippen LogP contribution is 2.22. The van der Waals surface area contributed by atoms with Gasteiger partial charge in [0.2, 0.25) is 0 Å². The van der Waals surface area contributed by atoms with Crippen molar-refractivity contribution in [1.29, 1.82) is 0 Å². The molecule has 0 radical (unpaired) electrons. The zero-order valence-corrected chi connectivity index (χ0v) is 8.82. The summed E-state index contributed by atoms with van der Waals surface area (Å²) in [4.78, 5) is 11.0.